The molecule has 24 heavy (non-hydrogen) atoms. The normalized spacial score (nSPS) is 11.2. The second-order valence-electron chi connectivity index (χ2n) is 5.73. The van der Waals surface area contributed by atoms with E-state index < -0.39 is 0 Å². The molecule has 0 fully saturated rings. The smallest absolute Gasteiger partial charge is 0.191 e. The van der Waals surface area contributed by atoms with Crippen molar-refractivity contribution in [1.29, 1.82) is 0 Å². The van der Waals surface area contributed by atoms with Crippen molar-refractivity contribution in [2.24, 2.45) is 7.05 Å². The Bertz CT molecular complexity index is 1000. The number of rotatable bonds is 4. The maximum absolute atomic E-state index is 4.44. The van der Waals surface area contributed by atoms with Gasteiger partial charge in [0.05, 0.1) is 0 Å². The van der Waals surface area contributed by atoms with E-state index in [1.807, 2.05) is 7.05 Å². The molecule has 0 amide bonds. The number of fused-ring (bicyclic) bond motifs is 1. The van der Waals surface area contributed by atoms with Crippen LogP contribution in [0.25, 0.3) is 21.5 Å². The van der Waals surface area contributed by atoms with Crippen molar-refractivity contribution in [3.05, 3.63) is 65.0 Å². The van der Waals surface area contributed by atoms with Crippen LogP contribution in [0.3, 0.4) is 0 Å². The van der Waals surface area contributed by atoms with Crippen molar-refractivity contribution >= 4 is 33.2 Å². The van der Waals surface area contributed by atoms with E-state index in [2.05, 4.69) is 75.6 Å². The van der Waals surface area contributed by atoms with E-state index in [1.54, 1.807) is 23.1 Å². The monoisotopic (exact) mass is 351 g/mol. The van der Waals surface area contributed by atoms with Crippen LogP contribution >= 0.6 is 23.1 Å². The van der Waals surface area contributed by atoms with E-state index in [-0.39, 0.29) is 0 Å². The molecule has 5 heteroatoms. The van der Waals surface area contributed by atoms with Gasteiger partial charge in [0.1, 0.15) is 0 Å². The first kappa shape index (κ1) is 15.4. The van der Waals surface area contributed by atoms with Crippen LogP contribution in [-0.4, -0.2) is 14.8 Å². The summed E-state index contributed by atoms with van der Waals surface area (Å²) in [4.78, 5) is 0. The molecular weight excluding hydrogens is 334 g/mol. The minimum Gasteiger partial charge on any atom is -0.305 e. The van der Waals surface area contributed by atoms with E-state index in [9.17, 15) is 0 Å². The van der Waals surface area contributed by atoms with Crippen LogP contribution < -0.4 is 0 Å². The third kappa shape index (κ3) is 2.74. The first-order valence-corrected chi connectivity index (χ1v) is 9.64. The van der Waals surface area contributed by atoms with Crippen molar-refractivity contribution in [3.63, 3.8) is 0 Å². The van der Waals surface area contributed by atoms with Gasteiger partial charge in [0.2, 0.25) is 0 Å². The van der Waals surface area contributed by atoms with Crippen LogP contribution in [0.1, 0.15) is 11.1 Å². The number of thioether (sulfide) groups is 1. The molecule has 4 rings (SSSR count). The zero-order valence-corrected chi connectivity index (χ0v) is 15.2. The molecule has 0 radical (unpaired) electrons. The SMILES string of the molecule is Cc1ccccc1CSc1nnc(-c2csc3ccccc23)n1C. The molecule has 0 aliphatic carbocycles. The van der Waals surface area contributed by atoms with Gasteiger partial charge >= 0.3 is 0 Å². The van der Waals surface area contributed by atoms with Crippen molar-refractivity contribution in [1.82, 2.24) is 14.8 Å². The quantitative estimate of drug-likeness (QED) is 0.468. The van der Waals surface area contributed by atoms with Crippen molar-refractivity contribution in [2.45, 2.75) is 17.8 Å². The van der Waals surface area contributed by atoms with Gasteiger partial charge < -0.3 is 4.57 Å². The summed E-state index contributed by atoms with van der Waals surface area (Å²) in [6.07, 6.45) is 0. The summed E-state index contributed by atoms with van der Waals surface area (Å²) in [6.45, 7) is 2.15. The van der Waals surface area contributed by atoms with Gasteiger partial charge in [-0.15, -0.1) is 21.5 Å². The Balaban J connectivity index is 1.63. The number of thiophene rings is 1. The zero-order valence-electron chi connectivity index (χ0n) is 13.6. The zero-order chi connectivity index (χ0) is 16.5. The van der Waals surface area contributed by atoms with Crippen LogP contribution in [0, 0.1) is 6.92 Å². The Hall–Kier alpha value is -2.11. The maximum atomic E-state index is 4.44. The average molecular weight is 352 g/mol. The van der Waals surface area contributed by atoms with Crippen LogP contribution in [0.4, 0.5) is 0 Å². The number of nitrogens with zero attached hydrogens (tertiary/aromatic N) is 3. The second kappa shape index (κ2) is 6.42. The molecule has 3 nitrogen and oxygen atoms in total. The average Bonchev–Trinajstić information content (AvgIpc) is 3.18. The fourth-order valence-corrected chi connectivity index (χ4v) is 4.67. The number of benzene rings is 2. The molecular formula is C19H17N3S2. The predicted molar refractivity (Wildman–Crippen MR) is 103 cm³/mol. The second-order valence-corrected chi connectivity index (χ2v) is 7.58. The summed E-state index contributed by atoms with van der Waals surface area (Å²) < 4.78 is 3.38. The lowest BCUT2D eigenvalue weighted by atomic mass is 10.1. The van der Waals surface area contributed by atoms with Crippen LogP contribution in [0.5, 0.6) is 0 Å². The first-order chi connectivity index (χ1) is 11.7. The molecule has 2 heterocycles. The van der Waals surface area contributed by atoms with Gasteiger partial charge in [-0.25, -0.2) is 0 Å². The van der Waals surface area contributed by atoms with E-state index in [0.29, 0.717) is 0 Å². The predicted octanol–water partition coefficient (Wildman–Crippen LogP) is 5.30. The summed E-state index contributed by atoms with van der Waals surface area (Å²) in [5, 5.41) is 13.2. The molecule has 0 aliphatic rings. The molecule has 0 spiro atoms. The molecule has 0 aliphatic heterocycles. The maximum Gasteiger partial charge on any atom is 0.191 e. The van der Waals surface area contributed by atoms with E-state index in [4.69, 9.17) is 0 Å². The molecule has 120 valence electrons. The summed E-state index contributed by atoms with van der Waals surface area (Å²) in [5.41, 5.74) is 3.82. The van der Waals surface area contributed by atoms with Crippen LogP contribution in [-0.2, 0) is 12.8 Å². The lowest BCUT2D eigenvalue weighted by Gasteiger charge is -2.05. The highest BCUT2D eigenvalue weighted by atomic mass is 32.2. The molecule has 0 saturated carbocycles. The highest BCUT2D eigenvalue weighted by molar-refractivity contribution is 7.98. The third-order valence-electron chi connectivity index (χ3n) is 4.17. The third-order valence-corrected chi connectivity index (χ3v) is 6.21. The van der Waals surface area contributed by atoms with Gasteiger partial charge in [-0.2, -0.15) is 0 Å². The molecule has 0 unspecified atom stereocenters. The Morgan fingerprint density at radius 2 is 1.83 bits per heavy atom. The van der Waals surface area contributed by atoms with Gasteiger partial charge in [0, 0.05) is 33.8 Å². The van der Waals surface area contributed by atoms with Gasteiger partial charge in [0.15, 0.2) is 11.0 Å². The standard InChI is InChI=1S/C19H17N3S2/c1-13-7-3-4-8-14(13)11-24-19-21-20-18(22(19)2)16-12-23-17-10-6-5-9-15(16)17/h3-10,12H,11H2,1-2H3. The lowest BCUT2D eigenvalue weighted by Crippen LogP contribution is -1.95. The van der Waals surface area contributed by atoms with Crippen molar-refractivity contribution in [3.8, 4) is 11.4 Å². The minimum absolute atomic E-state index is 0.906. The molecule has 0 saturated heterocycles. The Kier molecular flexibility index (Phi) is 4.12. The largest absolute Gasteiger partial charge is 0.305 e. The first-order valence-electron chi connectivity index (χ1n) is 7.77. The minimum atomic E-state index is 0.906. The summed E-state index contributed by atoms with van der Waals surface area (Å²) >= 11 is 3.48. The number of hydrogen-bond donors (Lipinski definition) is 0. The Morgan fingerprint density at radius 1 is 1.04 bits per heavy atom. The fraction of sp³-hybridized carbons (Fsp3) is 0.158. The van der Waals surface area contributed by atoms with E-state index in [0.717, 1.165) is 22.3 Å². The number of aromatic nitrogens is 3. The van der Waals surface area contributed by atoms with Gasteiger partial charge in [-0.05, 0) is 24.1 Å². The van der Waals surface area contributed by atoms with Gasteiger partial charge in [-0.1, -0.05) is 54.2 Å². The number of hydrogen-bond acceptors (Lipinski definition) is 4. The molecule has 0 bridgehead atoms. The van der Waals surface area contributed by atoms with Gasteiger partial charge in [0.25, 0.3) is 0 Å². The molecule has 2 aromatic carbocycles. The highest BCUT2D eigenvalue weighted by Gasteiger charge is 2.15. The molecule has 0 N–H and O–H groups in total. The van der Waals surface area contributed by atoms with Crippen molar-refractivity contribution in [2.75, 3.05) is 0 Å². The summed E-state index contributed by atoms with van der Waals surface area (Å²) in [7, 11) is 2.04. The topological polar surface area (TPSA) is 30.7 Å². The van der Waals surface area contributed by atoms with Crippen LogP contribution in [0.15, 0.2) is 59.1 Å². The Morgan fingerprint density at radius 3 is 2.71 bits per heavy atom. The van der Waals surface area contributed by atoms with E-state index in [1.165, 1.54) is 21.2 Å². The molecule has 0 atom stereocenters. The van der Waals surface area contributed by atoms with Crippen molar-refractivity contribution < 1.29 is 0 Å². The Labute approximate surface area is 149 Å². The van der Waals surface area contributed by atoms with Gasteiger partial charge in [-0.3, -0.25) is 0 Å². The highest BCUT2D eigenvalue weighted by Crippen LogP contribution is 2.34. The van der Waals surface area contributed by atoms with E-state index >= 15 is 0 Å². The van der Waals surface area contributed by atoms with Crippen LogP contribution in [0.2, 0.25) is 0 Å². The molecule has 4 aromatic rings. The summed E-state index contributed by atoms with van der Waals surface area (Å²) in [6, 6.07) is 16.9. The molecule has 2 aromatic heterocycles. The fourth-order valence-electron chi connectivity index (χ4n) is 2.74. The number of aryl methyl sites for hydroxylation is 1. The summed E-state index contributed by atoms with van der Waals surface area (Å²) in [5.74, 6) is 1.84. The lowest BCUT2D eigenvalue weighted by molar-refractivity contribution is 0.794.